The molecule has 2 rings (SSSR count). The molecule has 2 amide bonds. The van der Waals surface area contributed by atoms with Crippen molar-refractivity contribution in [3.8, 4) is 5.75 Å². The Morgan fingerprint density at radius 2 is 1.66 bits per heavy atom. The highest BCUT2D eigenvalue weighted by Gasteiger charge is 2.44. The minimum Gasteiger partial charge on any atom is -0.482 e. The van der Waals surface area contributed by atoms with Crippen LogP contribution in [-0.2, 0) is 28.2 Å². The summed E-state index contributed by atoms with van der Waals surface area (Å²) >= 11 is 0. The molecule has 11 heteroatoms. The first-order chi connectivity index (χ1) is 24.8. The number of rotatable bonds is 21. The number of amides is 2. The fourth-order valence-corrected chi connectivity index (χ4v) is 8.34. The Kier molecular flexibility index (Phi) is 18.5. The van der Waals surface area contributed by atoms with E-state index in [1.165, 1.54) is 5.57 Å². The SMILES string of the molecule is CC/C=C\C(C)[C@H](OC(N)=O)[C@@H](C)[C@H](O[Si](C)(C)C(C)(C)C)[C@@H](C)C/C(C)=C\[C@H](C)[C@@H](OCOC)C(C)/C=C\c1ccc2c(c1)N(COC)C(=O)CO2. The minimum absolute atomic E-state index is 0.00102. The van der Waals surface area contributed by atoms with Gasteiger partial charge in [0.15, 0.2) is 14.9 Å². The molecule has 0 aromatic heterocycles. The lowest BCUT2D eigenvalue weighted by atomic mass is 9.81. The smallest absolute Gasteiger partial charge is 0.404 e. The van der Waals surface area contributed by atoms with E-state index in [2.05, 4.69) is 113 Å². The van der Waals surface area contributed by atoms with Crippen LogP contribution in [0.25, 0.3) is 6.08 Å². The van der Waals surface area contributed by atoms with Crippen molar-refractivity contribution in [1.82, 2.24) is 0 Å². The molecule has 1 aromatic rings. The molecule has 0 fully saturated rings. The monoisotopic (exact) mass is 758 g/mol. The van der Waals surface area contributed by atoms with E-state index in [0.29, 0.717) is 11.4 Å². The maximum atomic E-state index is 12.5. The van der Waals surface area contributed by atoms with Crippen molar-refractivity contribution in [3.05, 3.63) is 53.6 Å². The zero-order chi connectivity index (χ0) is 40.1. The molecule has 10 nitrogen and oxygen atoms in total. The van der Waals surface area contributed by atoms with Gasteiger partial charge in [-0.3, -0.25) is 9.69 Å². The van der Waals surface area contributed by atoms with Gasteiger partial charge in [0, 0.05) is 37.9 Å². The van der Waals surface area contributed by atoms with Gasteiger partial charge < -0.3 is 33.8 Å². The summed E-state index contributed by atoms with van der Waals surface area (Å²) in [7, 11) is 0.987. The van der Waals surface area contributed by atoms with Crippen LogP contribution in [0.5, 0.6) is 5.75 Å². The molecule has 0 radical (unpaired) electrons. The Morgan fingerprint density at radius 3 is 2.25 bits per heavy atom. The molecule has 2 N–H and O–H groups in total. The Labute approximate surface area is 321 Å². The van der Waals surface area contributed by atoms with E-state index in [1.54, 1.807) is 19.1 Å². The maximum absolute atomic E-state index is 12.5. The number of hydrogen-bond acceptors (Lipinski definition) is 8. The van der Waals surface area contributed by atoms with E-state index in [9.17, 15) is 9.59 Å². The number of benzene rings is 1. The van der Waals surface area contributed by atoms with Crippen LogP contribution in [0.2, 0.25) is 18.1 Å². The molecular formula is C42H70N2O8Si. The average molecular weight is 759 g/mol. The van der Waals surface area contributed by atoms with E-state index in [1.807, 2.05) is 18.2 Å². The van der Waals surface area contributed by atoms with Crippen LogP contribution in [0.4, 0.5) is 10.5 Å². The number of allylic oxidation sites excluding steroid dienone is 2. The molecule has 300 valence electrons. The van der Waals surface area contributed by atoms with Gasteiger partial charge >= 0.3 is 6.09 Å². The molecule has 53 heavy (non-hydrogen) atoms. The number of carbonyl (C=O) groups is 2. The first-order valence-electron chi connectivity index (χ1n) is 19.1. The van der Waals surface area contributed by atoms with E-state index >= 15 is 0 Å². The van der Waals surface area contributed by atoms with Gasteiger partial charge in [-0.25, -0.2) is 4.79 Å². The van der Waals surface area contributed by atoms with Crippen molar-refractivity contribution in [3.63, 3.8) is 0 Å². The molecule has 1 aliphatic rings. The maximum Gasteiger partial charge on any atom is 0.404 e. The molecule has 1 aliphatic heterocycles. The predicted octanol–water partition coefficient (Wildman–Crippen LogP) is 9.36. The fourth-order valence-electron chi connectivity index (χ4n) is 6.86. The molecule has 2 unspecified atom stereocenters. The van der Waals surface area contributed by atoms with Crippen molar-refractivity contribution in [2.24, 2.45) is 35.3 Å². The summed E-state index contributed by atoms with van der Waals surface area (Å²) in [6.07, 6.45) is 10.9. The lowest BCUT2D eigenvalue weighted by Gasteiger charge is -2.44. The van der Waals surface area contributed by atoms with Gasteiger partial charge in [-0.15, -0.1) is 0 Å². The second-order valence-corrected chi connectivity index (χ2v) is 21.1. The number of hydrogen-bond donors (Lipinski definition) is 1. The van der Waals surface area contributed by atoms with Crippen LogP contribution in [0.1, 0.15) is 87.6 Å². The summed E-state index contributed by atoms with van der Waals surface area (Å²) in [5, 5.41) is 0.00102. The molecule has 0 saturated heterocycles. The summed E-state index contributed by atoms with van der Waals surface area (Å²) in [4.78, 5) is 26.2. The molecule has 0 spiro atoms. The lowest BCUT2D eigenvalue weighted by molar-refractivity contribution is -0.122. The molecule has 1 heterocycles. The number of nitrogens with zero attached hydrogens (tertiary/aromatic N) is 1. The highest BCUT2D eigenvalue weighted by Crippen LogP contribution is 2.41. The fraction of sp³-hybridized carbons (Fsp3) is 0.667. The second kappa shape index (κ2) is 21.2. The van der Waals surface area contributed by atoms with E-state index < -0.39 is 20.5 Å². The summed E-state index contributed by atoms with van der Waals surface area (Å²) in [6.45, 7) is 26.6. The van der Waals surface area contributed by atoms with Crippen LogP contribution in [0.15, 0.2) is 48.1 Å². The second-order valence-electron chi connectivity index (χ2n) is 16.4. The zero-order valence-corrected chi connectivity index (χ0v) is 36.1. The quantitative estimate of drug-likeness (QED) is 0.0749. The van der Waals surface area contributed by atoms with E-state index in [4.69, 9.17) is 33.8 Å². The zero-order valence-electron chi connectivity index (χ0n) is 35.1. The summed E-state index contributed by atoms with van der Waals surface area (Å²) in [5.41, 5.74) is 8.48. The third kappa shape index (κ3) is 13.7. The van der Waals surface area contributed by atoms with Gasteiger partial charge in [0.25, 0.3) is 5.91 Å². The van der Waals surface area contributed by atoms with E-state index in [0.717, 1.165) is 18.4 Å². The lowest BCUT2D eigenvalue weighted by Crippen LogP contribution is -2.50. The molecule has 0 saturated carbocycles. The topological polar surface area (TPSA) is 119 Å². The Balaban J connectivity index is 2.37. The van der Waals surface area contributed by atoms with Crippen LogP contribution in [-0.4, -0.2) is 73.0 Å². The molecule has 0 aliphatic carbocycles. The van der Waals surface area contributed by atoms with Crippen molar-refractivity contribution < 1.29 is 37.7 Å². The van der Waals surface area contributed by atoms with Crippen molar-refractivity contribution in [2.75, 3.05) is 39.3 Å². The Morgan fingerprint density at radius 1 is 1.00 bits per heavy atom. The normalized spacial score (nSPS) is 18.9. The van der Waals surface area contributed by atoms with Crippen molar-refractivity contribution >= 4 is 32.1 Å². The summed E-state index contributed by atoms with van der Waals surface area (Å²) < 4.78 is 35.6. The van der Waals surface area contributed by atoms with Gasteiger partial charge in [0.2, 0.25) is 0 Å². The molecule has 1 aromatic carbocycles. The number of anilines is 1. The number of fused-ring (bicyclic) bond motifs is 1. The van der Waals surface area contributed by atoms with Gasteiger partial charge in [0.05, 0.1) is 17.9 Å². The highest BCUT2D eigenvalue weighted by molar-refractivity contribution is 6.74. The Bertz CT molecular complexity index is 1400. The first-order valence-corrected chi connectivity index (χ1v) is 22.0. The number of carbonyl (C=O) groups excluding carboxylic acids is 2. The van der Waals surface area contributed by atoms with Gasteiger partial charge in [-0.2, -0.15) is 0 Å². The predicted molar refractivity (Wildman–Crippen MR) is 217 cm³/mol. The van der Waals surface area contributed by atoms with Crippen molar-refractivity contribution in [1.29, 1.82) is 0 Å². The highest BCUT2D eigenvalue weighted by atomic mass is 28.4. The standard InChI is InChI=1S/C42H70N2O8Si/c1-15-16-17-29(3)39(51-41(43)46)33(7)40(52-53(13,14)42(8,9)10)32(6)23-28(2)22-31(5)38(50-27-48-12)30(4)18-19-34-20-21-36-35(24-34)44(26-47-11)37(45)25-49-36/h16-22,24,29-33,38-40H,15,23,25-27H2,1-14H3,(H2,43,46)/b17-16-,19-18-,28-22-/t29?,30?,31-,32-,33+,38-,39-,40+/m0/s1. The van der Waals surface area contributed by atoms with Crippen LogP contribution >= 0.6 is 0 Å². The molecular weight excluding hydrogens is 689 g/mol. The first kappa shape index (κ1) is 46.2. The largest absolute Gasteiger partial charge is 0.482 e. The van der Waals surface area contributed by atoms with Crippen molar-refractivity contribution in [2.45, 2.75) is 119 Å². The van der Waals surface area contributed by atoms with E-state index in [-0.39, 0.29) is 72.9 Å². The van der Waals surface area contributed by atoms with Crippen LogP contribution < -0.4 is 15.4 Å². The van der Waals surface area contributed by atoms with Crippen LogP contribution in [0, 0.1) is 29.6 Å². The Hall–Kier alpha value is -2.96. The number of nitrogens with two attached hydrogens (primary N) is 1. The number of ether oxygens (including phenoxy) is 5. The number of methoxy groups -OCH3 is 2. The number of primary amides is 1. The van der Waals surface area contributed by atoms with Gasteiger partial charge in [-0.1, -0.05) is 104 Å². The third-order valence-corrected chi connectivity index (χ3v) is 15.1. The third-order valence-electron chi connectivity index (χ3n) is 10.7. The van der Waals surface area contributed by atoms with Crippen LogP contribution in [0.3, 0.4) is 0 Å². The minimum atomic E-state index is -2.21. The summed E-state index contributed by atoms with van der Waals surface area (Å²) in [6, 6.07) is 5.81. The van der Waals surface area contributed by atoms with Gasteiger partial charge in [0.1, 0.15) is 25.4 Å². The molecule has 0 bridgehead atoms. The molecule has 8 atom stereocenters. The summed E-state index contributed by atoms with van der Waals surface area (Å²) in [5.74, 6) is 0.597. The van der Waals surface area contributed by atoms with Gasteiger partial charge in [-0.05, 0) is 61.5 Å². The average Bonchev–Trinajstić information content (AvgIpc) is 3.07.